The molecule has 2 aliphatic heterocycles. The van der Waals surface area contributed by atoms with E-state index in [-0.39, 0.29) is 12.6 Å². The summed E-state index contributed by atoms with van der Waals surface area (Å²) in [6.07, 6.45) is -0.156. The number of nitrogens with one attached hydrogen (secondary N) is 2. The van der Waals surface area contributed by atoms with Gasteiger partial charge in [-0.05, 0) is 13.3 Å². The Balaban J connectivity index is 2.38. The Hall–Kier alpha value is -1.76. The molecule has 0 fully saturated rings. The van der Waals surface area contributed by atoms with Crippen molar-refractivity contribution in [2.24, 2.45) is 0 Å². The zero-order valence-electron chi connectivity index (χ0n) is 10.4. The number of amides is 1. The summed E-state index contributed by atoms with van der Waals surface area (Å²) in [5, 5.41) is 18.5. The molecule has 4 N–H and O–H groups in total. The van der Waals surface area contributed by atoms with Crippen LogP contribution in [0.3, 0.4) is 0 Å². The molecule has 2 heterocycles. The van der Waals surface area contributed by atoms with Gasteiger partial charge in [-0.25, -0.2) is 15.0 Å². The normalized spacial score (nSPS) is 31.0. The number of hydrazine groups is 1. The fourth-order valence-corrected chi connectivity index (χ4v) is 2.62. The van der Waals surface area contributed by atoms with E-state index < -0.39 is 17.6 Å². The lowest BCUT2D eigenvalue weighted by Crippen LogP contribution is -2.54. The Kier molecular flexibility index (Phi) is 2.94. The van der Waals surface area contributed by atoms with E-state index in [0.717, 1.165) is 5.70 Å². The van der Waals surface area contributed by atoms with Crippen molar-refractivity contribution in [1.29, 1.82) is 0 Å². The first-order valence-electron chi connectivity index (χ1n) is 5.91. The molecule has 0 saturated heterocycles. The summed E-state index contributed by atoms with van der Waals surface area (Å²) in [6, 6.07) is -0.156. The van der Waals surface area contributed by atoms with Crippen LogP contribution >= 0.6 is 0 Å². The van der Waals surface area contributed by atoms with Crippen LogP contribution in [0.4, 0.5) is 4.79 Å². The van der Waals surface area contributed by atoms with Crippen molar-refractivity contribution in [3.05, 3.63) is 11.3 Å². The first kappa shape index (κ1) is 12.7. The van der Waals surface area contributed by atoms with Gasteiger partial charge in [0, 0.05) is 30.3 Å². The summed E-state index contributed by atoms with van der Waals surface area (Å²) in [6.45, 7) is 3.71. The third-order valence-electron chi connectivity index (χ3n) is 3.81. The van der Waals surface area contributed by atoms with Crippen LogP contribution in [0.5, 0.6) is 0 Å². The highest BCUT2D eigenvalue weighted by Gasteiger charge is 2.49. The molecule has 7 nitrogen and oxygen atoms in total. The Morgan fingerprint density at radius 3 is 2.67 bits per heavy atom. The number of nitrogens with zero attached hydrogens (tertiary/aromatic N) is 1. The Morgan fingerprint density at radius 2 is 2.17 bits per heavy atom. The minimum atomic E-state index is -1.19. The van der Waals surface area contributed by atoms with Gasteiger partial charge in [0.05, 0.1) is 0 Å². The second-order valence-electron chi connectivity index (χ2n) is 4.73. The van der Waals surface area contributed by atoms with E-state index in [0.29, 0.717) is 18.4 Å². The van der Waals surface area contributed by atoms with Crippen LogP contribution in [0.1, 0.15) is 26.7 Å². The number of hydrogen-bond donors (Lipinski definition) is 4. The molecule has 0 bridgehead atoms. The maximum Gasteiger partial charge on any atom is 0.407 e. The Morgan fingerprint density at radius 1 is 1.50 bits per heavy atom. The van der Waals surface area contributed by atoms with Gasteiger partial charge in [0.15, 0.2) is 5.54 Å². The molecule has 2 rings (SSSR count). The zero-order valence-corrected chi connectivity index (χ0v) is 10.4. The SMILES string of the molecule is CC[C@@]1(C(=O)O)NNC2=C1CN(C(=O)O)C(C)C2. The Labute approximate surface area is 104 Å². The quantitative estimate of drug-likeness (QED) is 0.568. The average molecular weight is 255 g/mol. The van der Waals surface area contributed by atoms with E-state index in [4.69, 9.17) is 5.11 Å². The molecular weight excluding hydrogens is 238 g/mol. The molecule has 0 aromatic rings. The molecular formula is C11H17N3O4. The van der Waals surface area contributed by atoms with Gasteiger partial charge >= 0.3 is 12.1 Å². The highest BCUT2D eigenvalue weighted by atomic mass is 16.4. The summed E-state index contributed by atoms with van der Waals surface area (Å²) in [5.41, 5.74) is 5.94. The zero-order chi connectivity index (χ0) is 13.5. The molecule has 0 aromatic heterocycles. The van der Waals surface area contributed by atoms with Gasteiger partial charge in [0.2, 0.25) is 0 Å². The highest BCUT2D eigenvalue weighted by Crippen LogP contribution is 2.34. The molecule has 0 saturated carbocycles. The van der Waals surface area contributed by atoms with Gasteiger partial charge in [-0.1, -0.05) is 6.92 Å². The van der Waals surface area contributed by atoms with Crippen molar-refractivity contribution in [2.75, 3.05) is 6.54 Å². The lowest BCUT2D eigenvalue weighted by Gasteiger charge is -2.35. The maximum absolute atomic E-state index is 11.5. The van der Waals surface area contributed by atoms with Crippen molar-refractivity contribution >= 4 is 12.1 Å². The second kappa shape index (κ2) is 4.16. The summed E-state index contributed by atoms with van der Waals surface area (Å²) in [5.74, 6) is -0.984. The summed E-state index contributed by atoms with van der Waals surface area (Å²) >= 11 is 0. The predicted octanol–water partition coefficient (Wildman–Crippen LogP) is 0.354. The van der Waals surface area contributed by atoms with Gasteiger partial charge < -0.3 is 20.5 Å². The largest absolute Gasteiger partial charge is 0.480 e. The molecule has 1 amide bonds. The molecule has 0 radical (unpaired) electrons. The van der Waals surface area contributed by atoms with Crippen LogP contribution in [-0.2, 0) is 4.79 Å². The van der Waals surface area contributed by atoms with Crippen LogP contribution in [-0.4, -0.2) is 45.3 Å². The number of carboxylic acids is 1. The number of carboxylic acid groups (broad SMARTS) is 2. The molecule has 18 heavy (non-hydrogen) atoms. The fraction of sp³-hybridized carbons (Fsp3) is 0.636. The van der Waals surface area contributed by atoms with E-state index in [1.807, 2.05) is 6.92 Å². The van der Waals surface area contributed by atoms with Crippen LogP contribution in [0.2, 0.25) is 0 Å². The van der Waals surface area contributed by atoms with Crippen LogP contribution in [0, 0.1) is 0 Å². The van der Waals surface area contributed by atoms with Gasteiger partial charge in [0.25, 0.3) is 0 Å². The van der Waals surface area contributed by atoms with Crippen molar-refractivity contribution in [2.45, 2.75) is 38.3 Å². The van der Waals surface area contributed by atoms with Crippen LogP contribution in [0.15, 0.2) is 11.3 Å². The summed E-state index contributed by atoms with van der Waals surface area (Å²) in [4.78, 5) is 23.9. The first-order valence-corrected chi connectivity index (χ1v) is 5.91. The summed E-state index contributed by atoms with van der Waals surface area (Å²) in [7, 11) is 0. The van der Waals surface area contributed by atoms with E-state index >= 15 is 0 Å². The number of carbonyl (C=O) groups is 2. The monoisotopic (exact) mass is 255 g/mol. The smallest absolute Gasteiger partial charge is 0.407 e. The van der Waals surface area contributed by atoms with Gasteiger partial charge in [0.1, 0.15) is 0 Å². The van der Waals surface area contributed by atoms with E-state index in [1.165, 1.54) is 4.90 Å². The van der Waals surface area contributed by atoms with E-state index in [2.05, 4.69) is 10.9 Å². The van der Waals surface area contributed by atoms with Crippen LogP contribution in [0.25, 0.3) is 0 Å². The molecule has 2 atom stereocenters. The van der Waals surface area contributed by atoms with Gasteiger partial charge in [-0.2, -0.15) is 0 Å². The molecule has 0 spiro atoms. The van der Waals surface area contributed by atoms with Crippen molar-refractivity contribution < 1.29 is 19.8 Å². The lowest BCUT2D eigenvalue weighted by molar-refractivity contribution is -0.143. The third-order valence-corrected chi connectivity index (χ3v) is 3.81. The molecule has 100 valence electrons. The lowest BCUT2D eigenvalue weighted by atomic mass is 9.84. The highest BCUT2D eigenvalue weighted by molar-refractivity contribution is 5.85. The standard InChI is InChI=1S/C11H17N3O4/c1-3-11(9(15)16)7-5-14(10(17)18)6(2)4-8(7)12-13-11/h6,12-13H,3-5H2,1-2H3,(H,15,16)(H,17,18)/t6?,11-/m1/s1. The third kappa shape index (κ3) is 1.62. The van der Waals surface area contributed by atoms with E-state index in [1.54, 1.807) is 6.92 Å². The van der Waals surface area contributed by atoms with Gasteiger partial charge in [-0.3, -0.25) is 0 Å². The molecule has 2 aliphatic rings. The maximum atomic E-state index is 11.5. The number of rotatable bonds is 2. The first-order chi connectivity index (χ1) is 8.42. The van der Waals surface area contributed by atoms with Crippen molar-refractivity contribution in [1.82, 2.24) is 15.8 Å². The summed E-state index contributed by atoms with van der Waals surface area (Å²) < 4.78 is 0. The van der Waals surface area contributed by atoms with E-state index in [9.17, 15) is 14.7 Å². The van der Waals surface area contributed by atoms with Crippen LogP contribution < -0.4 is 10.9 Å². The molecule has 1 unspecified atom stereocenters. The Bertz CT molecular complexity index is 434. The van der Waals surface area contributed by atoms with Crippen molar-refractivity contribution in [3.63, 3.8) is 0 Å². The van der Waals surface area contributed by atoms with Crippen molar-refractivity contribution in [3.8, 4) is 0 Å². The minimum Gasteiger partial charge on any atom is -0.480 e. The predicted molar refractivity (Wildman–Crippen MR) is 62.8 cm³/mol. The molecule has 7 heteroatoms. The second-order valence-corrected chi connectivity index (χ2v) is 4.73. The topological polar surface area (TPSA) is 102 Å². The average Bonchev–Trinajstić information content (AvgIpc) is 2.66. The molecule has 0 aliphatic carbocycles. The number of aliphatic carboxylic acids is 1. The van der Waals surface area contributed by atoms with Gasteiger partial charge in [-0.15, -0.1) is 0 Å². The number of hydrogen-bond acceptors (Lipinski definition) is 4. The fourth-order valence-electron chi connectivity index (χ4n) is 2.62. The minimum absolute atomic E-state index is 0.131. The molecule has 0 aromatic carbocycles.